The average Bonchev–Trinajstić information content (AvgIpc) is 2.43. The second-order valence-electron chi connectivity index (χ2n) is 4.74. The molecule has 1 atom stereocenters. The molecule has 0 aliphatic rings. The number of nitrogens with two attached hydrogens (primary N) is 1. The number of hydrogen-bond acceptors (Lipinski definition) is 1. The van der Waals surface area contributed by atoms with Crippen molar-refractivity contribution in [3.63, 3.8) is 0 Å². The second-order valence-corrected chi connectivity index (χ2v) is 4.74. The summed E-state index contributed by atoms with van der Waals surface area (Å²) in [4.78, 5) is 0. The molecule has 3 heteroatoms. The van der Waals surface area contributed by atoms with Crippen LogP contribution < -0.4 is 5.73 Å². The Kier molecular flexibility index (Phi) is 4.63. The van der Waals surface area contributed by atoms with E-state index in [1.165, 1.54) is 17.7 Å². The minimum atomic E-state index is -0.809. The largest absolute Gasteiger partial charge is 0.330 e. The van der Waals surface area contributed by atoms with Crippen molar-refractivity contribution in [3.05, 3.63) is 71.3 Å². The maximum absolute atomic E-state index is 13.2. The van der Waals surface area contributed by atoms with E-state index in [4.69, 9.17) is 5.73 Å². The summed E-state index contributed by atoms with van der Waals surface area (Å²) >= 11 is 0. The first-order chi connectivity index (χ1) is 9.19. The molecular formula is C16H17F2N. The van der Waals surface area contributed by atoms with Crippen LogP contribution in [-0.2, 0) is 12.8 Å². The SMILES string of the molecule is NCC(Cc1ccccc1)Cc1ccc(F)c(F)c1. The van der Waals surface area contributed by atoms with Crippen molar-refractivity contribution >= 4 is 0 Å². The van der Waals surface area contributed by atoms with Crippen molar-refractivity contribution in [1.29, 1.82) is 0 Å². The Bertz CT molecular complexity index is 526. The van der Waals surface area contributed by atoms with Gasteiger partial charge in [-0.3, -0.25) is 0 Å². The highest BCUT2D eigenvalue weighted by Crippen LogP contribution is 2.16. The summed E-state index contributed by atoms with van der Waals surface area (Å²) in [6.07, 6.45) is 1.50. The lowest BCUT2D eigenvalue weighted by Gasteiger charge is -2.15. The van der Waals surface area contributed by atoms with E-state index in [2.05, 4.69) is 0 Å². The van der Waals surface area contributed by atoms with Crippen molar-refractivity contribution in [2.24, 2.45) is 11.7 Å². The first-order valence-corrected chi connectivity index (χ1v) is 6.37. The van der Waals surface area contributed by atoms with Crippen LogP contribution in [0, 0.1) is 17.6 Å². The van der Waals surface area contributed by atoms with Gasteiger partial charge in [-0.15, -0.1) is 0 Å². The van der Waals surface area contributed by atoms with Gasteiger partial charge in [0, 0.05) is 0 Å². The van der Waals surface area contributed by atoms with Gasteiger partial charge in [-0.05, 0) is 48.6 Å². The minimum Gasteiger partial charge on any atom is -0.330 e. The topological polar surface area (TPSA) is 26.0 Å². The van der Waals surface area contributed by atoms with Gasteiger partial charge in [0.1, 0.15) is 0 Å². The standard InChI is InChI=1S/C16H17F2N/c17-15-7-6-13(10-16(15)18)9-14(11-19)8-12-4-2-1-3-5-12/h1-7,10,14H,8-9,11,19H2. The summed E-state index contributed by atoms with van der Waals surface area (Å²) in [7, 11) is 0. The molecule has 0 fully saturated rings. The van der Waals surface area contributed by atoms with Gasteiger partial charge in [0.15, 0.2) is 11.6 Å². The van der Waals surface area contributed by atoms with E-state index in [-0.39, 0.29) is 5.92 Å². The van der Waals surface area contributed by atoms with Crippen molar-refractivity contribution in [3.8, 4) is 0 Å². The first-order valence-electron chi connectivity index (χ1n) is 6.37. The lowest BCUT2D eigenvalue weighted by Crippen LogP contribution is -2.19. The van der Waals surface area contributed by atoms with Crippen LogP contribution in [0.5, 0.6) is 0 Å². The van der Waals surface area contributed by atoms with Crippen molar-refractivity contribution < 1.29 is 8.78 Å². The summed E-state index contributed by atoms with van der Waals surface area (Å²) < 4.78 is 26.0. The van der Waals surface area contributed by atoms with Crippen LogP contribution in [0.3, 0.4) is 0 Å². The van der Waals surface area contributed by atoms with Crippen LogP contribution in [0.25, 0.3) is 0 Å². The molecule has 0 aliphatic heterocycles. The van der Waals surface area contributed by atoms with Crippen molar-refractivity contribution in [1.82, 2.24) is 0 Å². The highest BCUT2D eigenvalue weighted by Gasteiger charge is 2.11. The van der Waals surface area contributed by atoms with Crippen LogP contribution in [0.4, 0.5) is 8.78 Å². The third-order valence-electron chi connectivity index (χ3n) is 3.21. The zero-order chi connectivity index (χ0) is 13.7. The molecule has 19 heavy (non-hydrogen) atoms. The van der Waals surface area contributed by atoms with Gasteiger partial charge < -0.3 is 5.73 Å². The van der Waals surface area contributed by atoms with E-state index >= 15 is 0 Å². The Morgan fingerprint density at radius 2 is 1.53 bits per heavy atom. The Balaban J connectivity index is 2.04. The molecule has 0 heterocycles. The molecule has 0 saturated heterocycles. The van der Waals surface area contributed by atoms with Crippen LogP contribution in [-0.4, -0.2) is 6.54 Å². The summed E-state index contributed by atoms with van der Waals surface area (Å²) in [5.74, 6) is -1.38. The van der Waals surface area contributed by atoms with Crippen LogP contribution in [0.1, 0.15) is 11.1 Å². The van der Waals surface area contributed by atoms with E-state index in [1.807, 2.05) is 30.3 Å². The normalized spacial score (nSPS) is 12.4. The lowest BCUT2D eigenvalue weighted by molar-refractivity contribution is 0.499. The predicted octanol–water partition coefficient (Wildman–Crippen LogP) is 3.32. The molecule has 100 valence electrons. The molecule has 2 aromatic rings. The molecule has 0 spiro atoms. The fourth-order valence-electron chi connectivity index (χ4n) is 2.19. The molecule has 2 aromatic carbocycles. The minimum absolute atomic E-state index is 0.229. The van der Waals surface area contributed by atoms with Gasteiger partial charge in [0.25, 0.3) is 0 Å². The smallest absolute Gasteiger partial charge is 0.159 e. The van der Waals surface area contributed by atoms with Crippen LogP contribution >= 0.6 is 0 Å². The number of rotatable bonds is 5. The maximum atomic E-state index is 13.2. The molecule has 2 rings (SSSR count). The number of halogens is 2. The van der Waals surface area contributed by atoms with Crippen LogP contribution in [0.15, 0.2) is 48.5 Å². The highest BCUT2D eigenvalue weighted by molar-refractivity contribution is 5.20. The van der Waals surface area contributed by atoms with Gasteiger partial charge in [-0.2, -0.15) is 0 Å². The fourth-order valence-corrected chi connectivity index (χ4v) is 2.19. The van der Waals surface area contributed by atoms with E-state index in [1.54, 1.807) is 6.07 Å². The average molecular weight is 261 g/mol. The zero-order valence-electron chi connectivity index (χ0n) is 10.7. The molecule has 0 radical (unpaired) electrons. The second kappa shape index (κ2) is 6.43. The maximum Gasteiger partial charge on any atom is 0.159 e. The van der Waals surface area contributed by atoms with E-state index < -0.39 is 11.6 Å². The summed E-state index contributed by atoms with van der Waals surface area (Å²) in [5.41, 5.74) is 7.76. The van der Waals surface area contributed by atoms with Crippen molar-refractivity contribution in [2.75, 3.05) is 6.54 Å². The Morgan fingerprint density at radius 1 is 0.842 bits per heavy atom. The third-order valence-corrected chi connectivity index (χ3v) is 3.21. The summed E-state index contributed by atoms with van der Waals surface area (Å²) in [6.45, 7) is 0.522. The van der Waals surface area contributed by atoms with Gasteiger partial charge in [0.05, 0.1) is 0 Å². The quantitative estimate of drug-likeness (QED) is 0.877. The molecule has 0 bridgehead atoms. The lowest BCUT2D eigenvalue weighted by atomic mass is 9.92. The zero-order valence-corrected chi connectivity index (χ0v) is 10.7. The Hall–Kier alpha value is -1.74. The molecule has 2 N–H and O–H groups in total. The van der Waals surface area contributed by atoms with E-state index in [0.29, 0.717) is 13.0 Å². The van der Waals surface area contributed by atoms with E-state index in [0.717, 1.165) is 12.0 Å². The van der Waals surface area contributed by atoms with E-state index in [9.17, 15) is 8.78 Å². The molecule has 0 aliphatic carbocycles. The highest BCUT2D eigenvalue weighted by atomic mass is 19.2. The number of benzene rings is 2. The molecule has 1 unspecified atom stereocenters. The molecular weight excluding hydrogens is 244 g/mol. The molecule has 0 amide bonds. The molecule has 0 saturated carbocycles. The Labute approximate surface area is 112 Å². The third kappa shape index (κ3) is 3.86. The number of hydrogen-bond donors (Lipinski definition) is 1. The van der Waals surface area contributed by atoms with Crippen LogP contribution in [0.2, 0.25) is 0 Å². The van der Waals surface area contributed by atoms with Crippen molar-refractivity contribution in [2.45, 2.75) is 12.8 Å². The predicted molar refractivity (Wildman–Crippen MR) is 72.8 cm³/mol. The molecule has 1 nitrogen and oxygen atoms in total. The first kappa shape index (κ1) is 13.7. The summed E-state index contributed by atoms with van der Waals surface area (Å²) in [5, 5.41) is 0. The fraction of sp³-hybridized carbons (Fsp3) is 0.250. The summed E-state index contributed by atoms with van der Waals surface area (Å²) in [6, 6.07) is 14.1. The van der Waals surface area contributed by atoms with Gasteiger partial charge >= 0.3 is 0 Å². The van der Waals surface area contributed by atoms with Gasteiger partial charge in [-0.25, -0.2) is 8.78 Å². The van der Waals surface area contributed by atoms with Gasteiger partial charge in [0.2, 0.25) is 0 Å². The molecule has 0 aromatic heterocycles. The Morgan fingerprint density at radius 3 is 2.16 bits per heavy atom. The van der Waals surface area contributed by atoms with Gasteiger partial charge in [-0.1, -0.05) is 36.4 Å². The monoisotopic (exact) mass is 261 g/mol.